The molecule has 0 radical (unpaired) electrons. The Hall–Kier alpha value is -1.73. The molecule has 0 aliphatic heterocycles. The maximum Gasteiger partial charge on any atom is 0.344 e. The highest BCUT2D eigenvalue weighted by atomic mass is 32.2. The molecule has 21 heavy (non-hydrogen) atoms. The van der Waals surface area contributed by atoms with Crippen LogP contribution in [0.3, 0.4) is 0 Å². The van der Waals surface area contributed by atoms with Gasteiger partial charge in [0, 0.05) is 17.8 Å². The molecule has 7 heteroatoms. The van der Waals surface area contributed by atoms with Crippen molar-refractivity contribution < 1.29 is 4.74 Å². The van der Waals surface area contributed by atoms with Gasteiger partial charge in [0.25, 0.3) is 0 Å². The molecular formula is C14H18N4O2S. The van der Waals surface area contributed by atoms with Gasteiger partial charge in [0.1, 0.15) is 5.75 Å². The third kappa shape index (κ3) is 2.98. The highest BCUT2D eigenvalue weighted by molar-refractivity contribution is 7.99. The average Bonchev–Trinajstić information content (AvgIpc) is 3.28. The number of methoxy groups -OCH3 is 1. The molecule has 0 saturated heterocycles. The van der Waals surface area contributed by atoms with Gasteiger partial charge in [-0.2, -0.15) is 0 Å². The van der Waals surface area contributed by atoms with E-state index in [2.05, 4.69) is 10.2 Å². The van der Waals surface area contributed by atoms with E-state index in [1.165, 1.54) is 11.8 Å². The van der Waals surface area contributed by atoms with Crippen molar-refractivity contribution in [1.82, 2.24) is 14.8 Å². The second kappa shape index (κ2) is 5.95. The third-order valence-corrected chi connectivity index (χ3v) is 4.76. The van der Waals surface area contributed by atoms with Crippen LogP contribution in [-0.4, -0.2) is 28.4 Å². The lowest BCUT2D eigenvalue weighted by Gasteiger charge is -2.15. The molecule has 1 saturated carbocycles. The summed E-state index contributed by atoms with van der Waals surface area (Å²) in [7, 11) is 1.64. The molecular weight excluding hydrogens is 288 g/mol. The molecule has 1 aliphatic rings. The first-order chi connectivity index (χ1) is 10.2. The van der Waals surface area contributed by atoms with Crippen molar-refractivity contribution >= 4 is 11.8 Å². The van der Waals surface area contributed by atoms with Crippen molar-refractivity contribution in [2.75, 3.05) is 13.7 Å². The predicted octanol–water partition coefficient (Wildman–Crippen LogP) is 1.71. The number of benzene rings is 1. The lowest BCUT2D eigenvalue weighted by molar-refractivity contribution is 0.414. The molecule has 0 bridgehead atoms. The highest BCUT2D eigenvalue weighted by Crippen LogP contribution is 2.40. The average molecular weight is 306 g/mol. The van der Waals surface area contributed by atoms with Gasteiger partial charge in [-0.15, -0.1) is 5.10 Å². The number of aromatic amines is 1. The summed E-state index contributed by atoms with van der Waals surface area (Å²) < 4.78 is 6.99. The van der Waals surface area contributed by atoms with E-state index in [-0.39, 0.29) is 10.9 Å². The van der Waals surface area contributed by atoms with Crippen LogP contribution in [0.5, 0.6) is 5.75 Å². The fourth-order valence-corrected chi connectivity index (χ4v) is 3.33. The molecule has 1 aromatic carbocycles. The maximum atomic E-state index is 11.8. The number of aromatic nitrogens is 3. The van der Waals surface area contributed by atoms with Gasteiger partial charge < -0.3 is 10.5 Å². The Bertz CT molecular complexity index is 678. The minimum absolute atomic E-state index is 0.0350. The molecule has 1 atom stereocenters. The normalized spacial score (nSPS) is 15.9. The molecule has 1 aliphatic carbocycles. The van der Waals surface area contributed by atoms with Gasteiger partial charge in [-0.1, -0.05) is 23.9 Å². The van der Waals surface area contributed by atoms with E-state index in [4.69, 9.17) is 10.5 Å². The number of rotatable bonds is 6. The number of nitrogens with zero attached hydrogens (tertiary/aromatic N) is 2. The number of nitrogens with two attached hydrogens (primary N) is 1. The minimum atomic E-state index is -0.138. The maximum absolute atomic E-state index is 11.8. The minimum Gasteiger partial charge on any atom is -0.497 e. The summed E-state index contributed by atoms with van der Waals surface area (Å²) in [4.78, 5) is 11.8. The lowest BCUT2D eigenvalue weighted by atomic mass is 10.1. The van der Waals surface area contributed by atoms with Gasteiger partial charge in [-0.25, -0.2) is 9.89 Å². The van der Waals surface area contributed by atoms with Crippen molar-refractivity contribution in [3.63, 3.8) is 0 Å². The Morgan fingerprint density at radius 2 is 2.38 bits per heavy atom. The van der Waals surface area contributed by atoms with Crippen molar-refractivity contribution in [2.45, 2.75) is 29.3 Å². The van der Waals surface area contributed by atoms with Crippen LogP contribution in [0.4, 0.5) is 0 Å². The molecule has 6 nitrogen and oxygen atoms in total. The van der Waals surface area contributed by atoms with Crippen LogP contribution >= 0.6 is 11.8 Å². The van der Waals surface area contributed by atoms with Crippen molar-refractivity contribution in [3.8, 4) is 5.75 Å². The first kappa shape index (κ1) is 14.2. The number of H-pyrrole nitrogens is 1. The van der Waals surface area contributed by atoms with Crippen molar-refractivity contribution in [2.24, 2.45) is 5.73 Å². The summed E-state index contributed by atoms with van der Waals surface area (Å²) in [5.74, 6) is 0.799. The second-order valence-electron chi connectivity index (χ2n) is 5.03. The van der Waals surface area contributed by atoms with E-state index in [1.807, 2.05) is 24.3 Å². The summed E-state index contributed by atoms with van der Waals surface area (Å²) in [6.45, 7) is 0.462. The molecule has 112 valence electrons. The standard InChI is InChI=1S/C14H18N4O2S/c1-20-11-4-2-3-9(7-11)12(8-15)21-14-17-16-13(19)18(14)10-5-6-10/h2-4,7,10,12H,5-6,8,15H2,1H3,(H,16,19). The van der Waals surface area contributed by atoms with Gasteiger partial charge >= 0.3 is 5.69 Å². The lowest BCUT2D eigenvalue weighted by Crippen LogP contribution is -2.17. The Kier molecular flexibility index (Phi) is 4.03. The molecule has 1 aromatic heterocycles. The molecule has 3 rings (SSSR count). The van der Waals surface area contributed by atoms with Gasteiger partial charge in [0.15, 0.2) is 5.16 Å². The summed E-state index contributed by atoms with van der Waals surface area (Å²) in [5, 5.41) is 7.41. The molecule has 1 heterocycles. The Labute approximate surface area is 126 Å². The highest BCUT2D eigenvalue weighted by Gasteiger charge is 2.29. The monoisotopic (exact) mass is 306 g/mol. The van der Waals surface area contributed by atoms with E-state index in [9.17, 15) is 4.79 Å². The van der Waals surface area contributed by atoms with Crippen LogP contribution in [0.15, 0.2) is 34.2 Å². The van der Waals surface area contributed by atoms with Gasteiger partial charge in [-0.05, 0) is 30.5 Å². The predicted molar refractivity (Wildman–Crippen MR) is 81.8 cm³/mol. The van der Waals surface area contributed by atoms with Crippen LogP contribution < -0.4 is 16.2 Å². The van der Waals surface area contributed by atoms with E-state index in [1.54, 1.807) is 11.7 Å². The van der Waals surface area contributed by atoms with Crippen LogP contribution in [0.25, 0.3) is 0 Å². The zero-order valence-corrected chi connectivity index (χ0v) is 12.6. The molecule has 0 amide bonds. The van der Waals surface area contributed by atoms with Gasteiger partial charge in [-0.3, -0.25) is 4.57 Å². The third-order valence-electron chi connectivity index (χ3n) is 3.51. The number of hydrogen-bond donors (Lipinski definition) is 2. The fourth-order valence-electron chi connectivity index (χ4n) is 2.25. The fraction of sp³-hybridized carbons (Fsp3) is 0.429. The van der Waals surface area contributed by atoms with Crippen molar-refractivity contribution in [3.05, 3.63) is 40.3 Å². The van der Waals surface area contributed by atoms with Crippen LogP contribution in [0, 0.1) is 0 Å². The zero-order valence-electron chi connectivity index (χ0n) is 11.8. The zero-order chi connectivity index (χ0) is 14.8. The summed E-state index contributed by atoms with van der Waals surface area (Å²) in [6.07, 6.45) is 2.08. The number of ether oxygens (including phenoxy) is 1. The summed E-state index contributed by atoms with van der Waals surface area (Å²) in [5.41, 5.74) is 6.84. The topological polar surface area (TPSA) is 85.9 Å². The second-order valence-corrected chi connectivity index (χ2v) is 6.20. The summed E-state index contributed by atoms with van der Waals surface area (Å²) >= 11 is 1.52. The Morgan fingerprint density at radius 3 is 3.05 bits per heavy atom. The first-order valence-electron chi connectivity index (χ1n) is 6.90. The SMILES string of the molecule is COc1cccc(C(CN)Sc2n[nH]c(=O)n2C2CC2)c1. The van der Waals surface area contributed by atoms with Gasteiger partial charge in [0.05, 0.1) is 7.11 Å². The quantitative estimate of drug-likeness (QED) is 0.793. The molecule has 0 spiro atoms. The molecule has 1 fully saturated rings. The first-order valence-corrected chi connectivity index (χ1v) is 7.78. The van der Waals surface area contributed by atoms with Crippen molar-refractivity contribution in [1.29, 1.82) is 0 Å². The number of hydrogen-bond acceptors (Lipinski definition) is 5. The van der Waals surface area contributed by atoms with Gasteiger partial charge in [0.2, 0.25) is 0 Å². The Morgan fingerprint density at radius 1 is 1.57 bits per heavy atom. The van der Waals surface area contributed by atoms with Crippen LogP contribution in [0.2, 0.25) is 0 Å². The van der Waals surface area contributed by atoms with Crippen LogP contribution in [0.1, 0.15) is 29.7 Å². The Balaban J connectivity index is 1.85. The van der Waals surface area contributed by atoms with E-state index < -0.39 is 0 Å². The summed E-state index contributed by atoms with van der Waals surface area (Å²) in [6, 6.07) is 8.12. The molecule has 1 unspecified atom stereocenters. The van der Waals surface area contributed by atoms with E-state index >= 15 is 0 Å². The largest absolute Gasteiger partial charge is 0.497 e. The number of nitrogens with one attached hydrogen (secondary N) is 1. The smallest absolute Gasteiger partial charge is 0.344 e. The van der Waals surface area contributed by atoms with Crippen LogP contribution in [-0.2, 0) is 0 Å². The van der Waals surface area contributed by atoms with E-state index in [0.717, 1.165) is 24.2 Å². The number of thioether (sulfide) groups is 1. The molecule has 2 aromatic rings. The van der Waals surface area contributed by atoms with E-state index in [0.29, 0.717) is 17.7 Å². The molecule has 3 N–H and O–H groups in total.